The van der Waals surface area contributed by atoms with Gasteiger partial charge in [0.05, 0.1) is 12.7 Å². The Morgan fingerprint density at radius 1 is 1.19 bits per heavy atom. The molecule has 1 N–H and O–H groups in total. The summed E-state index contributed by atoms with van der Waals surface area (Å²) in [5.41, 5.74) is 0.655. The lowest BCUT2D eigenvalue weighted by atomic mass is 10.0. The number of carbonyl (C=O) groups excluding carboxylic acids is 1. The fraction of sp³-hybridized carbons (Fsp3) is 0.350. The highest BCUT2D eigenvalue weighted by Gasteiger charge is 2.25. The fourth-order valence-corrected chi connectivity index (χ4v) is 3.28. The minimum Gasteiger partial charge on any atom is -0.497 e. The number of halogens is 2. The van der Waals surface area contributed by atoms with Gasteiger partial charge in [-0.05, 0) is 49.7 Å². The second kappa shape index (κ2) is 7.83. The van der Waals surface area contributed by atoms with Crippen LogP contribution in [0, 0.1) is 11.6 Å². The van der Waals surface area contributed by atoms with Crippen molar-refractivity contribution in [1.29, 1.82) is 0 Å². The molecule has 1 aliphatic rings. The number of benzene rings is 2. The van der Waals surface area contributed by atoms with Crippen molar-refractivity contribution in [3.05, 3.63) is 53.6 Å². The van der Waals surface area contributed by atoms with E-state index in [1.165, 1.54) is 31.4 Å². The summed E-state index contributed by atoms with van der Waals surface area (Å²) < 4.78 is 33.8. The number of rotatable bonds is 4. The number of hydrogen-bond acceptors (Lipinski definition) is 3. The number of methoxy groups -OCH3 is 1. The fourth-order valence-electron chi connectivity index (χ4n) is 3.28. The van der Waals surface area contributed by atoms with Crippen LogP contribution >= 0.6 is 0 Å². The summed E-state index contributed by atoms with van der Waals surface area (Å²) in [5, 5.41) is 3.16. The van der Waals surface area contributed by atoms with Gasteiger partial charge in [0.2, 0.25) is 0 Å². The van der Waals surface area contributed by atoms with Gasteiger partial charge in [-0.15, -0.1) is 0 Å². The van der Waals surface area contributed by atoms with Gasteiger partial charge >= 0.3 is 0 Å². The van der Waals surface area contributed by atoms with E-state index in [4.69, 9.17) is 4.74 Å². The van der Waals surface area contributed by atoms with Crippen LogP contribution in [0.25, 0.3) is 11.1 Å². The first kappa shape index (κ1) is 18.3. The normalized spacial score (nSPS) is 17.2. The van der Waals surface area contributed by atoms with Crippen molar-refractivity contribution in [2.24, 2.45) is 0 Å². The minimum absolute atomic E-state index is 0.0134. The molecule has 138 valence electrons. The molecule has 0 aliphatic carbocycles. The summed E-state index contributed by atoms with van der Waals surface area (Å²) in [6, 6.07) is 8.83. The van der Waals surface area contributed by atoms with E-state index in [2.05, 4.69) is 5.32 Å². The van der Waals surface area contributed by atoms with Crippen LogP contribution in [0.15, 0.2) is 36.4 Å². The molecule has 1 unspecified atom stereocenters. The van der Waals surface area contributed by atoms with Gasteiger partial charge in [-0.25, -0.2) is 8.78 Å². The van der Waals surface area contributed by atoms with Crippen LogP contribution in [0.3, 0.4) is 0 Å². The molecule has 0 spiro atoms. The smallest absolute Gasteiger partial charge is 0.256 e. The summed E-state index contributed by atoms with van der Waals surface area (Å²) in [5.74, 6) is -1.09. The molecule has 0 saturated carbocycles. The average Bonchev–Trinajstić information content (AvgIpc) is 2.67. The monoisotopic (exact) mass is 360 g/mol. The Morgan fingerprint density at radius 3 is 2.65 bits per heavy atom. The van der Waals surface area contributed by atoms with Gasteiger partial charge < -0.3 is 15.0 Å². The predicted octanol–water partition coefficient (Wildman–Crippen LogP) is 3.46. The molecule has 3 rings (SSSR count). The lowest BCUT2D eigenvalue weighted by Gasteiger charge is -2.32. The minimum atomic E-state index is -0.644. The molecule has 1 saturated heterocycles. The number of hydrogen-bond donors (Lipinski definition) is 1. The van der Waals surface area contributed by atoms with Crippen molar-refractivity contribution in [3.63, 3.8) is 0 Å². The van der Waals surface area contributed by atoms with Crippen LogP contribution in [0.2, 0.25) is 0 Å². The lowest BCUT2D eigenvalue weighted by molar-refractivity contribution is 0.0693. The van der Waals surface area contributed by atoms with Gasteiger partial charge in [-0.2, -0.15) is 0 Å². The molecular weight excluding hydrogens is 338 g/mol. The van der Waals surface area contributed by atoms with Gasteiger partial charge in [0.15, 0.2) is 0 Å². The molecule has 2 aromatic carbocycles. The van der Waals surface area contributed by atoms with Crippen LogP contribution in [0.1, 0.15) is 23.2 Å². The van der Waals surface area contributed by atoms with Crippen LogP contribution in [0.4, 0.5) is 8.78 Å². The summed E-state index contributed by atoms with van der Waals surface area (Å²) in [7, 11) is 3.31. The maximum Gasteiger partial charge on any atom is 0.256 e. The average molecular weight is 360 g/mol. The molecule has 0 bridgehead atoms. The zero-order valence-corrected chi connectivity index (χ0v) is 14.9. The molecule has 1 aliphatic heterocycles. The second-order valence-corrected chi connectivity index (χ2v) is 6.42. The number of likely N-dealkylation sites (tertiary alicyclic amines) is 1. The van der Waals surface area contributed by atoms with Crippen molar-refractivity contribution in [3.8, 4) is 16.9 Å². The van der Waals surface area contributed by atoms with E-state index in [0.29, 0.717) is 24.4 Å². The van der Waals surface area contributed by atoms with E-state index >= 15 is 0 Å². The maximum absolute atomic E-state index is 14.6. The quantitative estimate of drug-likeness (QED) is 0.908. The molecule has 4 nitrogen and oxygen atoms in total. The first-order valence-corrected chi connectivity index (χ1v) is 8.63. The van der Waals surface area contributed by atoms with Gasteiger partial charge in [-0.1, -0.05) is 6.07 Å². The number of ether oxygens (including phenoxy) is 1. The Bertz CT molecular complexity index is 810. The van der Waals surface area contributed by atoms with Crippen LogP contribution in [-0.2, 0) is 0 Å². The van der Waals surface area contributed by atoms with E-state index in [1.54, 1.807) is 17.0 Å². The molecule has 1 heterocycles. The van der Waals surface area contributed by atoms with E-state index < -0.39 is 11.6 Å². The summed E-state index contributed by atoms with van der Waals surface area (Å²) in [6.45, 7) is 1.18. The number of amides is 1. The van der Waals surface area contributed by atoms with Crippen molar-refractivity contribution in [2.45, 2.75) is 18.9 Å². The predicted molar refractivity (Wildman–Crippen MR) is 96.3 cm³/mol. The van der Waals surface area contributed by atoms with Gasteiger partial charge in [0.25, 0.3) is 5.91 Å². The number of piperidine rings is 1. The first-order valence-electron chi connectivity index (χ1n) is 8.63. The van der Waals surface area contributed by atoms with E-state index in [0.717, 1.165) is 12.8 Å². The zero-order chi connectivity index (χ0) is 18.7. The van der Waals surface area contributed by atoms with Crippen molar-refractivity contribution < 1.29 is 18.3 Å². The molecule has 26 heavy (non-hydrogen) atoms. The van der Waals surface area contributed by atoms with Crippen molar-refractivity contribution >= 4 is 5.91 Å². The molecule has 2 aromatic rings. The lowest BCUT2D eigenvalue weighted by Crippen LogP contribution is -2.47. The third kappa shape index (κ3) is 3.70. The maximum atomic E-state index is 14.6. The highest BCUT2D eigenvalue weighted by atomic mass is 19.1. The van der Waals surface area contributed by atoms with Gasteiger partial charge in [0, 0.05) is 30.8 Å². The van der Waals surface area contributed by atoms with E-state index in [1.807, 2.05) is 7.05 Å². The second-order valence-electron chi connectivity index (χ2n) is 6.42. The Labute approximate surface area is 151 Å². The Morgan fingerprint density at radius 2 is 2.00 bits per heavy atom. The molecule has 1 fully saturated rings. The third-order valence-corrected chi connectivity index (χ3v) is 4.80. The molecule has 1 atom stereocenters. The summed E-state index contributed by atoms with van der Waals surface area (Å²) >= 11 is 0. The van der Waals surface area contributed by atoms with E-state index in [-0.39, 0.29) is 23.1 Å². The van der Waals surface area contributed by atoms with Crippen molar-refractivity contribution in [2.75, 3.05) is 27.2 Å². The van der Waals surface area contributed by atoms with E-state index in [9.17, 15) is 13.6 Å². The molecule has 1 amide bonds. The molecule has 6 heteroatoms. The topological polar surface area (TPSA) is 41.6 Å². The number of likely N-dealkylation sites (N-methyl/N-ethyl adjacent to an activating group) is 1. The Hall–Kier alpha value is -2.47. The molecule has 0 radical (unpaired) electrons. The molecular formula is C20H22F2N2O2. The number of carbonyl (C=O) groups is 1. The number of nitrogens with zero attached hydrogens (tertiary/aromatic N) is 1. The van der Waals surface area contributed by atoms with Gasteiger partial charge in [0.1, 0.15) is 17.4 Å². The third-order valence-electron chi connectivity index (χ3n) is 4.80. The standard InChI is InChI=1S/C20H22F2N2O2/c1-23-14-4-3-9-24(12-14)20(25)17-7-5-13(10-18(17)21)16-8-6-15(26-2)11-19(16)22/h5-8,10-11,14,23H,3-4,9,12H2,1-2H3. The Kier molecular flexibility index (Phi) is 5.52. The highest BCUT2D eigenvalue weighted by Crippen LogP contribution is 2.28. The first-order chi connectivity index (χ1) is 12.5. The largest absolute Gasteiger partial charge is 0.497 e. The van der Waals surface area contributed by atoms with Crippen LogP contribution in [0.5, 0.6) is 5.75 Å². The SMILES string of the molecule is CNC1CCCN(C(=O)c2ccc(-c3ccc(OC)cc3F)cc2F)C1. The summed E-state index contributed by atoms with van der Waals surface area (Å²) in [6.07, 6.45) is 1.88. The Balaban J connectivity index is 1.84. The highest BCUT2D eigenvalue weighted by molar-refractivity contribution is 5.95. The zero-order valence-electron chi connectivity index (χ0n) is 14.9. The molecule has 0 aromatic heterocycles. The number of nitrogens with one attached hydrogen (secondary N) is 1. The van der Waals surface area contributed by atoms with Crippen molar-refractivity contribution in [1.82, 2.24) is 10.2 Å². The van der Waals surface area contributed by atoms with Crippen LogP contribution < -0.4 is 10.1 Å². The van der Waals surface area contributed by atoms with Gasteiger partial charge in [-0.3, -0.25) is 4.79 Å². The van der Waals surface area contributed by atoms with Crippen LogP contribution in [-0.4, -0.2) is 44.1 Å². The summed E-state index contributed by atoms with van der Waals surface area (Å²) in [4.78, 5) is 14.3.